The maximum atomic E-state index is 7.83. The van der Waals surface area contributed by atoms with Crippen LogP contribution in [0.5, 0.6) is 0 Å². The summed E-state index contributed by atoms with van der Waals surface area (Å²) in [4.78, 5) is -0.284. The fourth-order valence-corrected chi connectivity index (χ4v) is 0.542. The van der Waals surface area contributed by atoms with Crippen LogP contribution in [0.3, 0.4) is 0 Å². The van der Waals surface area contributed by atoms with Crippen molar-refractivity contribution in [1.29, 1.82) is 0 Å². The molecule has 0 rings (SSSR count). The summed E-state index contributed by atoms with van der Waals surface area (Å²) in [6, 6.07) is 0. The van der Waals surface area contributed by atoms with Crippen LogP contribution >= 0.6 is 44.5 Å². The molecule has 0 radical (unpaired) electrons. The molecule has 0 aromatic rings. The first-order valence-electron chi connectivity index (χ1n) is 3.57. The topological polar surface area (TPSA) is 29.5 Å². The first kappa shape index (κ1) is 15.7. The van der Waals surface area contributed by atoms with Crippen LogP contribution in [0.4, 0.5) is 0 Å². The third kappa shape index (κ3) is 22.5. The fourth-order valence-electron chi connectivity index (χ4n) is 0.288. The van der Waals surface area contributed by atoms with Gasteiger partial charge in [-0.1, -0.05) is 31.9 Å². The van der Waals surface area contributed by atoms with Gasteiger partial charge >= 0.3 is 0 Å². The van der Waals surface area contributed by atoms with Crippen molar-refractivity contribution in [2.75, 3.05) is 23.9 Å². The highest BCUT2D eigenvalue weighted by Crippen LogP contribution is 2.12. The molecule has 0 atom stereocenters. The van der Waals surface area contributed by atoms with Crippen LogP contribution in [-0.4, -0.2) is 33.9 Å². The van der Waals surface area contributed by atoms with Crippen molar-refractivity contribution < 1.29 is 9.84 Å². The summed E-state index contributed by atoms with van der Waals surface area (Å²) in [7, 11) is 0. The Hall–Kier alpha value is 1.23. The number of alkyl halides is 2. The minimum Gasteiger partial charge on any atom is -0.396 e. The van der Waals surface area contributed by atoms with E-state index in [9.17, 15) is 0 Å². The molecule has 76 valence electrons. The summed E-state index contributed by atoms with van der Waals surface area (Å²) in [5.74, 6) is 0. The summed E-state index contributed by atoms with van der Waals surface area (Å²) >= 11 is 10.4. The number of aliphatic hydroxyl groups is 1. The van der Waals surface area contributed by atoms with Crippen molar-refractivity contribution in [3.63, 3.8) is 0 Å². The molecule has 2 nitrogen and oxygen atoms in total. The first-order valence-corrected chi connectivity index (χ1v) is 6.26. The summed E-state index contributed by atoms with van der Waals surface area (Å²) < 4.78 is 5.20. The fraction of sp³-hybridized carbons (Fsp3) is 1.00. The highest BCUT2D eigenvalue weighted by Gasteiger charge is 2.08. The van der Waals surface area contributed by atoms with Crippen molar-refractivity contribution in [2.45, 2.75) is 18.8 Å². The van der Waals surface area contributed by atoms with E-state index in [1.807, 2.05) is 13.8 Å². The molecule has 0 fully saturated rings. The SMILES string of the molecule is CC(C)(S)OCCBr.OCCBr. The van der Waals surface area contributed by atoms with Gasteiger partial charge in [-0.2, -0.15) is 0 Å². The Morgan fingerprint density at radius 3 is 1.83 bits per heavy atom. The monoisotopic (exact) mass is 322 g/mol. The van der Waals surface area contributed by atoms with Crippen LogP contribution in [0.25, 0.3) is 0 Å². The molecule has 12 heavy (non-hydrogen) atoms. The number of aliphatic hydroxyl groups excluding tert-OH is 1. The van der Waals surface area contributed by atoms with Crippen LogP contribution < -0.4 is 0 Å². The zero-order valence-corrected chi connectivity index (χ0v) is 11.5. The van der Waals surface area contributed by atoms with Crippen LogP contribution in [0, 0.1) is 0 Å². The summed E-state index contributed by atoms with van der Waals surface area (Å²) in [6.45, 7) is 4.79. The molecule has 0 aromatic heterocycles. The lowest BCUT2D eigenvalue weighted by molar-refractivity contribution is 0.0668. The molecule has 0 amide bonds. The van der Waals surface area contributed by atoms with Crippen molar-refractivity contribution in [2.24, 2.45) is 0 Å². The van der Waals surface area contributed by atoms with Crippen molar-refractivity contribution >= 4 is 44.5 Å². The molecule has 0 aliphatic heterocycles. The molecule has 0 heterocycles. The first-order chi connectivity index (χ1) is 5.47. The van der Waals surface area contributed by atoms with Gasteiger partial charge in [0.2, 0.25) is 0 Å². The van der Waals surface area contributed by atoms with Crippen molar-refractivity contribution in [3.8, 4) is 0 Å². The molecular formula is C7H16Br2O2S. The van der Waals surface area contributed by atoms with Gasteiger partial charge in [-0.25, -0.2) is 0 Å². The van der Waals surface area contributed by atoms with Crippen molar-refractivity contribution in [3.05, 3.63) is 0 Å². The van der Waals surface area contributed by atoms with Gasteiger partial charge in [0, 0.05) is 10.7 Å². The number of hydrogen-bond donors (Lipinski definition) is 2. The standard InChI is InChI=1S/C5H11BrOS.C2H5BrO/c1-5(2,8)7-4-3-6;3-1-2-4/h8H,3-4H2,1-2H3;4H,1-2H2. The Bertz CT molecular complexity index is 84.0. The van der Waals surface area contributed by atoms with Crippen molar-refractivity contribution in [1.82, 2.24) is 0 Å². The third-order valence-electron chi connectivity index (χ3n) is 0.617. The Morgan fingerprint density at radius 2 is 1.75 bits per heavy atom. The molecule has 0 aromatic carbocycles. The van der Waals surface area contributed by atoms with Gasteiger partial charge in [0.25, 0.3) is 0 Å². The number of ether oxygens (including phenoxy) is 1. The molecular weight excluding hydrogens is 308 g/mol. The lowest BCUT2D eigenvalue weighted by Crippen LogP contribution is -2.16. The second-order valence-electron chi connectivity index (χ2n) is 2.40. The van der Waals surface area contributed by atoms with E-state index in [2.05, 4.69) is 44.5 Å². The van der Waals surface area contributed by atoms with Crippen LogP contribution in [0.2, 0.25) is 0 Å². The molecule has 0 saturated heterocycles. The Kier molecular flexibility index (Phi) is 13.5. The van der Waals surface area contributed by atoms with Crippen LogP contribution in [0.1, 0.15) is 13.8 Å². The lowest BCUT2D eigenvalue weighted by Gasteiger charge is -2.16. The second-order valence-corrected chi connectivity index (χ2v) is 5.06. The lowest BCUT2D eigenvalue weighted by atomic mass is 10.5. The van der Waals surface area contributed by atoms with Crippen LogP contribution in [-0.2, 0) is 4.74 Å². The predicted octanol–water partition coefficient (Wildman–Crippen LogP) is 2.44. The minimum atomic E-state index is -0.284. The Labute approximate surface area is 96.7 Å². The average molecular weight is 324 g/mol. The second kappa shape index (κ2) is 10.3. The molecule has 0 spiro atoms. The smallest absolute Gasteiger partial charge is 0.105 e. The third-order valence-corrected chi connectivity index (χ3v) is 1.42. The Balaban J connectivity index is 0. The average Bonchev–Trinajstić information content (AvgIpc) is 2.00. The summed E-state index contributed by atoms with van der Waals surface area (Å²) in [5.41, 5.74) is 0. The molecule has 0 aliphatic rings. The van der Waals surface area contributed by atoms with Gasteiger partial charge < -0.3 is 9.84 Å². The summed E-state index contributed by atoms with van der Waals surface area (Å²) in [6.07, 6.45) is 0. The van der Waals surface area contributed by atoms with Gasteiger partial charge in [0.05, 0.1) is 13.2 Å². The maximum Gasteiger partial charge on any atom is 0.105 e. The van der Waals surface area contributed by atoms with Gasteiger partial charge in [-0.15, -0.1) is 12.6 Å². The minimum absolute atomic E-state index is 0.236. The zero-order chi connectivity index (χ0) is 10.0. The van der Waals surface area contributed by atoms with Gasteiger partial charge in [-0.3, -0.25) is 0 Å². The van der Waals surface area contributed by atoms with E-state index < -0.39 is 0 Å². The van der Waals surface area contributed by atoms with E-state index in [4.69, 9.17) is 9.84 Å². The van der Waals surface area contributed by atoms with Gasteiger partial charge in [0.1, 0.15) is 4.93 Å². The molecule has 1 N–H and O–H groups in total. The Morgan fingerprint density at radius 1 is 1.33 bits per heavy atom. The van der Waals surface area contributed by atoms with E-state index in [-0.39, 0.29) is 11.5 Å². The van der Waals surface area contributed by atoms with Gasteiger partial charge in [-0.05, 0) is 13.8 Å². The van der Waals surface area contributed by atoms with Crippen LogP contribution in [0.15, 0.2) is 0 Å². The van der Waals surface area contributed by atoms with E-state index in [0.717, 1.165) is 11.9 Å². The summed E-state index contributed by atoms with van der Waals surface area (Å²) in [5, 5.41) is 9.39. The molecule has 0 bridgehead atoms. The highest BCUT2D eigenvalue weighted by molar-refractivity contribution is 9.09. The van der Waals surface area contributed by atoms with E-state index in [1.165, 1.54) is 0 Å². The largest absolute Gasteiger partial charge is 0.396 e. The zero-order valence-electron chi connectivity index (χ0n) is 7.39. The maximum absolute atomic E-state index is 7.83. The molecule has 0 saturated carbocycles. The molecule has 0 aliphatic carbocycles. The molecule has 5 heteroatoms. The number of thiol groups is 1. The van der Waals surface area contributed by atoms with E-state index in [1.54, 1.807) is 0 Å². The van der Waals surface area contributed by atoms with E-state index in [0.29, 0.717) is 5.33 Å². The normalized spacial score (nSPS) is 10.5. The van der Waals surface area contributed by atoms with E-state index >= 15 is 0 Å². The van der Waals surface area contributed by atoms with Gasteiger partial charge in [0.15, 0.2) is 0 Å². The number of hydrogen-bond acceptors (Lipinski definition) is 3. The quantitative estimate of drug-likeness (QED) is 0.473. The molecule has 0 unspecified atom stereocenters. The highest BCUT2D eigenvalue weighted by atomic mass is 79.9. The number of rotatable bonds is 4. The predicted molar refractivity (Wildman–Crippen MR) is 63.7 cm³/mol. The number of halogens is 2.